The van der Waals surface area contributed by atoms with Crippen LogP contribution in [0.3, 0.4) is 0 Å². The average molecular weight is 648 g/mol. The van der Waals surface area contributed by atoms with Crippen LogP contribution < -0.4 is 24.8 Å². The zero-order chi connectivity index (χ0) is 33.7. The summed E-state index contributed by atoms with van der Waals surface area (Å²) in [5.74, 6) is -1.85. The zero-order valence-electron chi connectivity index (χ0n) is 27.1. The van der Waals surface area contributed by atoms with E-state index in [-0.39, 0.29) is 29.2 Å². The van der Waals surface area contributed by atoms with Gasteiger partial charge in [-0.2, -0.15) is 0 Å². The van der Waals surface area contributed by atoms with Crippen molar-refractivity contribution < 1.29 is 32.6 Å². The molecule has 2 atom stereocenters. The first kappa shape index (κ1) is 33.5. The summed E-state index contributed by atoms with van der Waals surface area (Å²) < 4.78 is 46.1. The molecule has 5 rings (SSSR count). The van der Waals surface area contributed by atoms with Gasteiger partial charge in [-0.15, -0.1) is 0 Å². The van der Waals surface area contributed by atoms with Crippen molar-refractivity contribution in [2.75, 3.05) is 44.0 Å². The van der Waals surface area contributed by atoms with Crippen LogP contribution in [-0.4, -0.2) is 60.0 Å². The quantitative estimate of drug-likeness (QED) is 0.115. The number of rotatable bonds is 14. The lowest BCUT2D eigenvalue weighted by Gasteiger charge is -2.18. The Morgan fingerprint density at radius 1 is 0.872 bits per heavy atom. The van der Waals surface area contributed by atoms with Crippen LogP contribution in [-0.2, 0) is 9.59 Å². The number of anilines is 2. The Morgan fingerprint density at radius 2 is 1.53 bits per heavy atom. The molecule has 0 bridgehead atoms. The van der Waals surface area contributed by atoms with E-state index in [1.807, 2.05) is 0 Å². The molecule has 1 heterocycles. The first-order chi connectivity index (χ1) is 22.6. The van der Waals surface area contributed by atoms with Gasteiger partial charge in [-0.25, -0.2) is 18.7 Å². The molecule has 0 spiro atoms. The summed E-state index contributed by atoms with van der Waals surface area (Å²) in [4.78, 5) is 37.6. The number of hydrogen-bond acceptors (Lipinski definition) is 8. The molecule has 3 aromatic carbocycles. The van der Waals surface area contributed by atoms with E-state index in [9.17, 15) is 14.0 Å². The Balaban J connectivity index is 1.29. The minimum Gasteiger partial charge on any atom is -0.493 e. The van der Waals surface area contributed by atoms with Gasteiger partial charge >= 0.3 is 0 Å². The van der Waals surface area contributed by atoms with Gasteiger partial charge in [-0.3, -0.25) is 9.59 Å². The van der Waals surface area contributed by atoms with Crippen molar-refractivity contribution in [1.29, 1.82) is 0 Å². The number of methoxy groups -OCH3 is 1. The summed E-state index contributed by atoms with van der Waals surface area (Å²) in [6.07, 6.45) is 2.16. The predicted octanol–water partition coefficient (Wildman–Crippen LogP) is 6.67. The van der Waals surface area contributed by atoms with E-state index >= 15 is 4.39 Å². The van der Waals surface area contributed by atoms with Crippen molar-refractivity contribution in [3.63, 3.8) is 0 Å². The lowest BCUT2D eigenvalue weighted by Crippen LogP contribution is -2.38. The fourth-order valence-electron chi connectivity index (χ4n) is 5.88. The molecule has 0 radical (unpaired) electrons. The van der Waals surface area contributed by atoms with Crippen molar-refractivity contribution in [2.45, 2.75) is 34.1 Å². The number of amides is 2. The standard InChI is InChI=1S/C35H39F2N5O5/c1-6-42(7-2)15-8-16-46-31-19-28-26(18-30(31)45-5)32(39-20-38-28)47-29-14-13-25(17-27(29)37)41-34(44)35(21(3)22(35)4)33(43)40-24-11-9-23(36)10-12-24/h9-14,17-22H,6-8,15-16H2,1-5H3,(H,40,43)(H,41,44)/t21-,22-/m1/s1. The first-order valence-corrected chi connectivity index (χ1v) is 15.7. The van der Waals surface area contributed by atoms with Crippen molar-refractivity contribution in [3.05, 3.63) is 72.6 Å². The average Bonchev–Trinajstić information content (AvgIpc) is 3.63. The van der Waals surface area contributed by atoms with E-state index in [1.54, 1.807) is 26.0 Å². The Bertz CT molecular complexity index is 1740. The molecule has 2 N–H and O–H groups in total. The van der Waals surface area contributed by atoms with Gasteiger partial charge in [0.25, 0.3) is 0 Å². The second-order valence-corrected chi connectivity index (χ2v) is 11.5. The molecule has 10 nitrogen and oxygen atoms in total. The fraction of sp³-hybridized carbons (Fsp3) is 0.371. The molecular formula is C35H39F2N5O5. The van der Waals surface area contributed by atoms with Crippen LogP contribution in [0.1, 0.15) is 34.1 Å². The summed E-state index contributed by atoms with van der Waals surface area (Å²) >= 11 is 0. The molecule has 0 unspecified atom stereocenters. The first-order valence-electron chi connectivity index (χ1n) is 15.7. The number of nitrogens with one attached hydrogen (secondary N) is 2. The predicted molar refractivity (Wildman–Crippen MR) is 175 cm³/mol. The van der Waals surface area contributed by atoms with Gasteiger partial charge < -0.3 is 29.7 Å². The van der Waals surface area contributed by atoms with E-state index in [4.69, 9.17) is 14.2 Å². The van der Waals surface area contributed by atoms with Gasteiger partial charge in [-0.1, -0.05) is 27.7 Å². The Labute approximate surface area is 272 Å². The molecule has 12 heteroatoms. The van der Waals surface area contributed by atoms with Crippen LogP contribution in [0, 0.1) is 28.9 Å². The van der Waals surface area contributed by atoms with Crippen molar-refractivity contribution in [1.82, 2.24) is 14.9 Å². The molecular weight excluding hydrogens is 608 g/mol. The van der Waals surface area contributed by atoms with Crippen molar-refractivity contribution in [3.8, 4) is 23.1 Å². The minimum absolute atomic E-state index is 0.106. The van der Waals surface area contributed by atoms with Crippen molar-refractivity contribution in [2.24, 2.45) is 17.3 Å². The molecule has 248 valence electrons. The summed E-state index contributed by atoms with van der Waals surface area (Å²) in [6, 6.07) is 12.7. The lowest BCUT2D eigenvalue weighted by molar-refractivity contribution is -0.132. The van der Waals surface area contributed by atoms with Crippen LogP contribution in [0.25, 0.3) is 10.9 Å². The molecule has 0 saturated heterocycles. The number of halogens is 2. The number of fused-ring (bicyclic) bond motifs is 1. The van der Waals surface area contributed by atoms with Gasteiger partial charge in [0, 0.05) is 30.1 Å². The van der Waals surface area contributed by atoms with Gasteiger partial charge in [-0.05, 0) is 73.8 Å². The number of aromatic nitrogens is 2. The maximum atomic E-state index is 15.3. The maximum absolute atomic E-state index is 15.3. The van der Waals surface area contributed by atoms with Gasteiger partial charge in [0.1, 0.15) is 17.6 Å². The number of carbonyl (C=O) groups excluding carboxylic acids is 2. The number of nitrogens with zero attached hydrogens (tertiary/aromatic N) is 3. The summed E-state index contributed by atoms with van der Waals surface area (Å²) in [6.45, 7) is 11.2. The third-order valence-corrected chi connectivity index (χ3v) is 8.98. The van der Waals surface area contributed by atoms with Crippen LogP contribution in [0.4, 0.5) is 20.2 Å². The lowest BCUT2D eigenvalue weighted by atomic mass is 9.99. The molecule has 0 aliphatic heterocycles. The molecule has 1 fully saturated rings. The fourth-order valence-corrected chi connectivity index (χ4v) is 5.88. The highest BCUT2D eigenvalue weighted by Crippen LogP contribution is 2.59. The van der Waals surface area contributed by atoms with E-state index < -0.39 is 28.9 Å². The smallest absolute Gasteiger partial charge is 0.240 e. The van der Waals surface area contributed by atoms with Crippen molar-refractivity contribution >= 4 is 34.1 Å². The number of hydrogen-bond donors (Lipinski definition) is 2. The SMILES string of the molecule is CCN(CC)CCCOc1cc2ncnc(Oc3ccc(NC(=O)C4(C(=O)Nc5ccc(F)cc5)[C@H](C)[C@H]4C)cc3F)c2cc1OC. The molecule has 1 aliphatic carbocycles. The summed E-state index contributed by atoms with van der Waals surface area (Å²) in [5, 5.41) is 5.88. The molecule has 1 saturated carbocycles. The van der Waals surface area contributed by atoms with E-state index in [0.717, 1.165) is 32.1 Å². The van der Waals surface area contributed by atoms with E-state index in [2.05, 4.69) is 39.3 Å². The Hall–Kier alpha value is -4.84. The summed E-state index contributed by atoms with van der Waals surface area (Å²) in [7, 11) is 1.53. The summed E-state index contributed by atoms with van der Waals surface area (Å²) in [5.41, 5.74) is -0.327. The van der Waals surface area contributed by atoms with Gasteiger partial charge in [0.15, 0.2) is 23.1 Å². The number of benzene rings is 3. The largest absolute Gasteiger partial charge is 0.493 e. The van der Waals surface area contributed by atoms with E-state index in [0.29, 0.717) is 34.7 Å². The third-order valence-electron chi connectivity index (χ3n) is 8.98. The monoisotopic (exact) mass is 647 g/mol. The minimum atomic E-state index is -1.37. The van der Waals surface area contributed by atoms with Crippen LogP contribution >= 0.6 is 0 Å². The van der Waals surface area contributed by atoms with Gasteiger partial charge in [0.2, 0.25) is 17.7 Å². The molecule has 2 amide bonds. The van der Waals surface area contributed by atoms with Crippen LogP contribution in [0.2, 0.25) is 0 Å². The highest BCUT2D eigenvalue weighted by Gasteiger charge is 2.69. The highest BCUT2D eigenvalue weighted by atomic mass is 19.1. The number of ether oxygens (including phenoxy) is 3. The molecule has 1 aromatic heterocycles. The van der Waals surface area contributed by atoms with E-state index in [1.165, 1.54) is 49.8 Å². The number of carbonyl (C=O) groups is 2. The second-order valence-electron chi connectivity index (χ2n) is 11.5. The second kappa shape index (κ2) is 14.3. The maximum Gasteiger partial charge on any atom is 0.240 e. The van der Waals surface area contributed by atoms with Crippen LogP contribution in [0.5, 0.6) is 23.1 Å². The normalized spacial score (nSPS) is 18.6. The van der Waals surface area contributed by atoms with Crippen LogP contribution in [0.15, 0.2) is 60.9 Å². The Morgan fingerprint density at radius 3 is 2.15 bits per heavy atom. The highest BCUT2D eigenvalue weighted by molar-refractivity contribution is 6.17. The molecule has 47 heavy (non-hydrogen) atoms. The van der Waals surface area contributed by atoms with Gasteiger partial charge in [0.05, 0.1) is 24.6 Å². The Kier molecular flexibility index (Phi) is 10.2. The zero-order valence-corrected chi connectivity index (χ0v) is 27.1. The topological polar surface area (TPSA) is 115 Å². The molecule has 4 aromatic rings. The molecule has 1 aliphatic rings. The third kappa shape index (κ3) is 6.97.